The Labute approximate surface area is 172 Å². The molecule has 154 valence electrons. The van der Waals surface area contributed by atoms with Crippen molar-refractivity contribution < 1.29 is 22.7 Å². The van der Waals surface area contributed by atoms with Crippen molar-refractivity contribution in [3.05, 3.63) is 72.6 Å². The average Bonchev–Trinajstić information content (AvgIpc) is 2.73. The molecule has 11 heteroatoms. The molecule has 2 aromatic carbocycles. The fourth-order valence-corrected chi connectivity index (χ4v) is 3.24. The molecule has 0 atom stereocenters. The molecule has 1 heterocycles. The Kier molecular flexibility index (Phi) is 6.23. The molecular formula is C19H17N5O5S. The fraction of sp³-hybridized carbons (Fsp3) is 0.0526. The normalized spacial score (nSPS) is 10.8. The third-order valence-electron chi connectivity index (χ3n) is 3.72. The number of rotatable bonds is 7. The molecule has 4 N–H and O–H groups in total. The highest BCUT2D eigenvalue weighted by molar-refractivity contribution is 7.92. The van der Waals surface area contributed by atoms with Gasteiger partial charge in [-0.05, 0) is 54.6 Å². The number of anilines is 3. The summed E-state index contributed by atoms with van der Waals surface area (Å²) in [6.07, 6.45) is 2.81. The van der Waals surface area contributed by atoms with Crippen LogP contribution < -0.4 is 15.8 Å². The van der Waals surface area contributed by atoms with Crippen LogP contribution in [0.1, 0.15) is 10.4 Å². The van der Waals surface area contributed by atoms with Crippen LogP contribution in [0.5, 0.6) is 0 Å². The van der Waals surface area contributed by atoms with Crippen molar-refractivity contribution in [1.29, 1.82) is 0 Å². The van der Waals surface area contributed by atoms with Crippen LogP contribution in [-0.4, -0.2) is 36.9 Å². The smallest absolute Gasteiger partial charge is 0.338 e. The van der Waals surface area contributed by atoms with Gasteiger partial charge >= 0.3 is 5.97 Å². The van der Waals surface area contributed by atoms with E-state index in [9.17, 15) is 18.0 Å². The molecule has 1 amide bonds. The van der Waals surface area contributed by atoms with Crippen molar-refractivity contribution >= 4 is 39.2 Å². The second-order valence-electron chi connectivity index (χ2n) is 5.95. The quantitative estimate of drug-likeness (QED) is 0.380. The van der Waals surface area contributed by atoms with Crippen molar-refractivity contribution in [1.82, 2.24) is 9.97 Å². The molecule has 0 aliphatic rings. The summed E-state index contributed by atoms with van der Waals surface area (Å²) in [7, 11) is -3.88. The lowest BCUT2D eigenvalue weighted by atomic mass is 10.2. The van der Waals surface area contributed by atoms with Gasteiger partial charge in [0.25, 0.3) is 15.9 Å². The Morgan fingerprint density at radius 1 is 0.967 bits per heavy atom. The van der Waals surface area contributed by atoms with Gasteiger partial charge in [-0.1, -0.05) is 0 Å². The van der Waals surface area contributed by atoms with Gasteiger partial charge in [-0.3, -0.25) is 4.79 Å². The number of carbonyl (C=O) groups is 2. The van der Waals surface area contributed by atoms with Crippen molar-refractivity contribution in [3.63, 3.8) is 0 Å². The molecule has 0 saturated heterocycles. The average molecular weight is 427 g/mol. The first kappa shape index (κ1) is 20.7. The lowest BCUT2D eigenvalue weighted by Crippen LogP contribution is -2.21. The van der Waals surface area contributed by atoms with Crippen molar-refractivity contribution in [3.8, 4) is 0 Å². The van der Waals surface area contributed by atoms with Gasteiger partial charge in [0.05, 0.1) is 10.5 Å². The van der Waals surface area contributed by atoms with E-state index in [1.165, 1.54) is 48.8 Å². The van der Waals surface area contributed by atoms with Crippen LogP contribution in [0.15, 0.2) is 71.9 Å². The predicted molar refractivity (Wildman–Crippen MR) is 109 cm³/mol. The largest absolute Gasteiger partial charge is 0.452 e. The Balaban J connectivity index is 1.55. The molecule has 3 rings (SSSR count). The minimum atomic E-state index is -3.88. The first-order chi connectivity index (χ1) is 14.3. The van der Waals surface area contributed by atoms with Gasteiger partial charge in [0.1, 0.15) is 0 Å². The lowest BCUT2D eigenvalue weighted by molar-refractivity contribution is -0.119. The molecule has 3 aromatic rings. The first-order valence-electron chi connectivity index (χ1n) is 8.56. The van der Waals surface area contributed by atoms with E-state index in [0.717, 1.165) is 0 Å². The van der Waals surface area contributed by atoms with E-state index in [1.807, 2.05) is 0 Å². The number of benzene rings is 2. The van der Waals surface area contributed by atoms with Crippen LogP contribution in [0.3, 0.4) is 0 Å². The highest BCUT2D eigenvalue weighted by Gasteiger charge is 2.16. The van der Waals surface area contributed by atoms with Gasteiger partial charge in [-0.2, -0.15) is 0 Å². The molecule has 0 spiro atoms. The monoisotopic (exact) mass is 427 g/mol. The van der Waals surface area contributed by atoms with E-state index in [0.29, 0.717) is 11.4 Å². The minimum absolute atomic E-state index is 0.0391. The van der Waals surface area contributed by atoms with Crippen LogP contribution >= 0.6 is 0 Å². The number of nitrogens with zero attached hydrogens (tertiary/aromatic N) is 2. The Morgan fingerprint density at radius 2 is 1.60 bits per heavy atom. The van der Waals surface area contributed by atoms with Crippen molar-refractivity contribution in [2.24, 2.45) is 0 Å². The maximum absolute atomic E-state index is 12.3. The molecule has 1 aromatic heterocycles. The summed E-state index contributed by atoms with van der Waals surface area (Å²) >= 11 is 0. The van der Waals surface area contributed by atoms with Crippen LogP contribution in [0.4, 0.5) is 17.3 Å². The molecule has 0 unspecified atom stereocenters. The van der Waals surface area contributed by atoms with Crippen molar-refractivity contribution in [2.45, 2.75) is 4.90 Å². The molecule has 0 aliphatic heterocycles. The van der Waals surface area contributed by atoms with E-state index in [-0.39, 0.29) is 16.4 Å². The minimum Gasteiger partial charge on any atom is -0.452 e. The molecule has 0 aliphatic carbocycles. The van der Waals surface area contributed by atoms with Crippen LogP contribution in [0, 0.1) is 0 Å². The number of hydrogen-bond donors (Lipinski definition) is 3. The molecule has 10 nitrogen and oxygen atoms in total. The summed E-state index contributed by atoms with van der Waals surface area (Å²) in [5.41, 5.74) is 6.65. The van der Waals surface area contributed by atoms with E-state index in [2.05, 4.69) is 20.0 Å². The topological polar surface area (TPSA) is 153 Å². The summed E-state index contributed by atoms with van der Waals surface area (Å²) in [4.78, 5) is 31.4. The Morgan fingerprint density at radius 3 is 2.23 bits per heavy atom. The zero-order valence-electron chi connectivity index (χ0n) is 15.5. The SMILES string of the molecule is Nc1ccc(C(=O)OCC(=O)Nc2ccc(S(=O)(=O)Nc3ncccn3)cc2)cc1. The second kappa shape index (κ2) is 9.01. The summed E-state index contributed by atoms with van der Waals surface area (Å²) in [6.45, 7) is -0.504. The standard InChI is InChI=1S/C19H17N5O5S/c20-14-4-2-13(3-5-14)18(26)29-12-17(25)23-15-6-8-16(9-7-15)30(27,28)24-19-21-10-1-11-22-19/h1-11H,12,20H2,(H,23,25)(H,21,22,24). The van der Waals surface area contributed by atoms with E-state index < -0.39 is 28.5 Å². The second-order valence-corrected chi connectivity index (χ2v) is 7.63. The molecule has 0 fully saturated rings. The number of hydrogen-bond acceptors (Lipinski definition) is 8. The maximum Gasteiger partial charge on any atom is 0.338 e. The van der Waals surface area contributed by atoms with E-state index in [4.69, 9.17) is 10.5 Å². The van der Waals surface area contributed by atoms with Gasteiger partial charge in [-0.25, -0.2) is 27.9 Å². The maximum atomic E-state index is 12.3. The van der Waals surface area contributed by atoms with Crippen LogP contribution in [0.2, 0.25) is 0 Å². The highest BCUT2D eigenvalue weighted by Crippen LogP contribution is 2.16. The summed E-state index contributed by atoms with van der Waals surface area (Å²) in [5.74, 6) is -1.30. The summed E-state index contributed by atoms with van der Waals surface area (Å²) in [5, 5.41) is 2.51. The number of nitrogens with two attached hydrogens (primary N) is 1. The summed E-state index contributed by atoms with van der Waals surface area (Å²) in [6, 6.07) is 13.0. The molecule has 30 heavy (non-hydrogen) atoms. The zero-order valence-corrected chi connectivity index (χ0v) is 16.3. The number of ether oxygens (including phenoxy) is 1. The van der Waals surface area contributed by atoms with Gasteiger partial charge in [0, 0.05) is 23.8 Å². The molecule has 0 radical (unpaired) electrons. The fourth-order valence-electron chi connectivity index (χ4n) is 2.28. The highest BCUT2D eigenvalue weighted by atomic mass is 32.2. The van der Waals surface area contributed by atoms with Gasteiger partial charge < -0.3 is 15.8 Å². The lowest BCUT2D eigenvalue weighted by Gasteiger charge is -2.09. The number of nitrogen functional groups attached to an aromatic ring is 1. The van der Waals surface area contributed by atoms with Gasteiger partial charge in [0.15, 0.2) is 6.61 Å². The summed E-state index contributed by atoms with van der Waals surface area (Å²) < 4.78 is 31.8. The third-order valence-corrected chi connectivity index (χ3v) is 5.06. The molecule has 0 saturated carbocycles. The Hall–Kier alpha value is -3.99. The number of esters is 1. The number of aromatic nitrogens is 2. The third kappa shape index (κ3) is 5.52. The van der Waals surface area contributed by atoms with Crippen LogP contribution in [-0.2, 0) is 19.6 Å². The van der Waals surface area contributed by atoms with Crippen molar-refractivity contribution in [2.75, 3.05) is 22.4 Å². The number of carbonyl (C=O) groups excluding carboxylic acids is 2. The first-order valence-corrected chi connectivity index (χ1v) is 10.0. The van der Waals surface area contributed by atoms with Crippen LogP contribution in [0.25, 0.3) is 0 Å². The molecule has 0 bridgehead atoms. The molecular weight excluding hydrogens is 410 g/mol. The number of sulfonamides is 1. The zero-order chi connectivity index (χ0) is 21.6. The Bertz CT molecular complexity index is 1130. The van der Waals surface area contributed by atoms with Gasteiger partial charge in [0.2, 0.25) is 5.95 Å². The number of nitrogens with one attached hydrogen (secondary N) is 2. The predicted octanol–water partition coefficient (Wildman–Crippen LogP) is 1.66. The van der Waals surface area contributed by atoms with E-state index in [1.54, 1.807) is 18.2 Å². The van der Waals surface area contributed by atoms with Gasteiger partial charge in [-0.15, -0.1) is 0 Å². The number of amides is 1. The van der Waals surface area contributed by atoms with E-state index >= 15 is 0 Å².